The van der Waals surface area contributed by atoms with Crippen LogP contribution in [0.5, 0.6) is 0 Å². The van der Waals surface area contributed by atoms with E-state index < -0.39 is 0 Å². The lowest BCUT2D eigenvalue weighted by molar-refractivity contribution is 0.129. The average molecular weight is 171 g/mol. The first-order valence-electron chi connectivity index (χ1n) is 5.05. The van der Waals surface area contributed by atoms with Crippen molar-refractivity contribution in [3.63, 3.8) is 0 Å². The highest BCUT2D eigenvalue weighted by atomic mass is 16.5. The van der Waals surface area contributed by atoms with E-state index in [1.807, 2.05) is 6.92 Å². The molecular weight excluding hydrogens is 150 g/mol. The lowest BCUT2D eigenvalue weighted by atomic mass is 9.70. The predicted octanol–water partition coefficient (Wildman–Crippen LogP) is 1.80. The molecule has 1 rings (SSSR count). The van der Waals surface area contributed by atoms with Crippen LogP contribution in [0.2, 0.25) is 0 Å². The number of nitrogens with one attached hydrogen (secondary N) is 1. The van der Waals surface area contributed by atoms with Crippen molar-refractivity contribution in [2.75, 3.05) is 26.3 Å². The van der Waals surface area contributed by atoms with Crippen molar-refractivity contribution in [2.24, 2.45) is 5.41 Å². The highest BCUT2D eigenvalue weighted by Gasteiger charge is 2.30. The summed E-state index contributed by atoms with van der Waals surface area (Å²) < 4.78 is 5.24. The molecule has 1 saturated carbocycles. The highest BCUT2D eigenvalue weighted by molar-refractivity contribution is 4.84. The van der Waals surface area contributed by atoms with E-state index in [1.165, 1.54) is 25.8 Å². The van der Waals surface area contributed by atoms with Gasteiger partial charge in [-0.2, -0.15) is 0 Å². The fraction of sp³-hybridized carbons (Fsp3) is 1.00. The zero-order chi connectivity index (χ0) is 8.86. The third-order valence-corrected chi connectivity index (χ3v) is 2.74. The second-order valence-corrected chi connectivity index (χ2v) is 4.04. The molecule has 72 valence electrons. The summed E-state index contributed by atoms with van der Waals surface area (Å²) in [5, 5.41) is 3.44. The fourth-order valence-corrected chi connectivity index (χ4v) is 1.64. The van der Waals surface area contributed by atoms with Gasteiger partial charge in [0.15, 0.2) is 0 Å². The Morgan fingerprint density at radius 3 is 2.67 bits per heavy atom. The lowest BCUT2D eigenvalue weighted by Gasteiger charge is -2.38. The van der Waals surface area contributed by atoms with Gasteiger partial charge in [0.05, 0.1) is 6.61 Å². The maximum absolute atomic E-state index is 5.24. The van der Waals surface area contributed by atoms with Gasteiger partial charge in [-0.05, 0) is 25.2 Å². The van der Waals surface area contributed by atoms with Gasteiger partial charge in [-0.25, -0.2) is 0 Å². The Labute approximate surface area is 75.7 Å². The largest absolute Gasteiger partial charge is 0.380 e. The van der Waals surface area contributed by atoms with E-state index in [0.717, 1.165) is 19.8 Å². The SMILES string of the molecule is CCOCCNCC1(C)CCC1. The maximum atomic E-state index is 5.24. The molecule has 0 bridgehead atoms. The van der Waals surface area contributed by atoms with Crippen LogP contribution in [0, 0.1) is 5.41 Å². The minimum absolute atomic E-state index is 0.603. The van der Waals surface area contributed by atoms with Crippen molar-refractivity contribution >= 4 is 0 Å². The normalized spacial score (nSPS) is 20.5. The molecule has 1 aliphatic rings. The van der Waals surface area contributed by atoms with Crippen molar-refractivity contribution in [1.82, 2.24) is 5.32 Å². The highest BCUT2D eigenvalue weighted by Crippen LogP contribution is 2.39. The third-order valence-electron chi connectivity index (χ3n) is 2.74. The minimum atomic E-state index is 0.603. The van der Waals surface area contributed by atoms with Crippen molar-refractivity contribution < 1.29 is 4.74 Å². The van der Waals surface area contributed by atoms with Gasteiger partial charge >= 0.3 is 0 Å². The Morgan fingerprint density at radius 2 is 2.17 bits per heavy atom. The second kappa shape index (κ2) is 4.83. The molecule has 0 aromatic heterocycles. The summed E-state index contributed by atoms with van der Waals surface area (Å²) in [7, 11) is 0. The van der Waals surface area contributed by atoms with E-state index >= 15 is 0 Å². The topological polar surface area (TPSA) is 21.3 Å². The summed E-state index contributed by atoms with van der Waals surface area (Å²) in [5.74, 6) is 0. The smallest absolute Gasteiger partial charge is 0.0590 e. The van der Waals surface area contributed by atoms with Gasteiger partial charge in [0, 0.05) is 19.7 Å². The van der Waals surface area contributed by atoms with Crippen LogP contribution in [0.25, 0.3) is 0 Å². The monoisotopic (exact) mass is 171 g/mol. The average Bonchev–Trinajstić information content (AvgIpc) is 2.01. The number of rotatable bonds is 6. The summed E-state index contributed by atoms with van der Waals surface area (Å²) >= 11 is 0. The Bertz CT molecular complexity index is 121. The quantitative estimate of drug-likeness (QED) is 0.615. The van der Waals surface area contributed by atoms with E-state index in [1.54, 1.807) is 0 Å². The standard InChI is InChI=1S/C10H21NO/c1-3-12-8-7-11-9-10(2)5-4-6-10/h11H,3-9H2,1-2H3. The molecule has 0 aromatic carbocycles. The van der Waals surface area contributed by atoms with Crippen LogP contribution in [0.1, 0.15) is 33.1 Å². The molecule has 0 saturated heterocycles. The summed E-state index contributed by atoms with van der Waals surface area (Å²) in [6, 6.07) is 0. The minimum Gasteiger partial charge on any atom is -0.380 e. The van der Waals surface area contributed by atoms with Crippen LogP contribution in [-0.4, -0.2) is 26.3 Å². The summed E-state index contributed by atoms with van der Waals surface area (Å²) in [4.78, 5) is 0. The molecule has 0 heterocycles. The first kappa shape index (κ1) is 10.0. The molecule has 2 nitrogen and oxygen atoms in total. The molecule has 0 aromatic rings. The van der Waals surface area contributed by atoms with Gasteiger partial charge in [0.2, 0.25) is 0 Å². The molecule has 1 fully saturated rings. The van der Waals surface area contributed by atoms with E-state index in [4.69, 9.17) is 4.74 Å². The molecule has 0 atom stereocenters. The number of hydrogen-bond donors (Lipinski definition) is 1. The fourth-order valence-electron chi connectivity index (χ4n) is 1.64. The molecule has 0 amide bonds. The Balaban J connectivity index is 1.88. The molecular formula is C10H21NO. The van der Waals surface area contributed by atoms with Crippen LogP contribution >= 0.6 is 0 Å². The van der Waals surface area contributed by atoms with Crippen LogP contribution < -0.4 is 5.32 Å². The van der Waals surface area contributed by atoms with Crippen LogP contribution in [0.15, 0.2) is 0 Å². The third kappa shape index (κ3) is 3.11. The zero-order valence-corrected chi connectivity index (χ0v) is 8.36. The van der Waals surface area contributed by atoms with Crippen LogP contribution in [0.4, 0.5) is 0 Å². The van der Waals surface area contributed by atoms with E-state index in [0.29, 0.717) is 5.41 Å². The molecule has 0 radical (unpaired) electrons. The molecule has 12 heavy (non-hydrogen) atoms. The number of ether oxygens (including phenoxy) is 1. The molecule has 1 N–H and O–H groups in total. The molecule has 2 heteroatoms. The van der Waals surface area contributed by atoms with Gasteiger partial charge in [-0.3, -0.25) is 0 Å². The summed E-state index contributed by atoms with van der Waals surface area (Å²) in [5.41, 5.74) is 0.603. The van der Waals surface area contributed by atoms with E-state index in [9.17, 15) is 0 Å². The molecule has 0 aliphatic heterocycles. The maximum Gasteiger partial charge on any atom is 0.0590 e. The van der Waals surface area contributed by atoms with Gasteiger partial charge in [-0.1, -0.05) is 13.3 Å². The summed E-state index contributed by atoms with van der Waals surface area (Å²) in [6.07, 6.45) is 4.22. The van der Waals surface area contributed by atoms with Gasteiger partial charge in [0.25, 0.3) is 0 Å². The van der Waals surface area contributed by atoms with E-state index in [2.05, 4.69) is 12.2 Å². The Hall–Kier alpha value is -0.0800. The Kier molecular flexibility index (Phi) is 4.02. The first-order chi connectivity index (χ1) is 5.77. The summed E-state index contributed by atoms with van der Waals surface area (Å²) in [6.45, 7) is 8.26. The number of hydrogen-bond acceptors (Lipinski definition) is 2. The van der Waals surface area contributed by atoms with Gasteiger partial charge < -0.3 is 10.1 Å². The first-order valence-corrected chi connectivity index (χ1v) is 5.05. The van der Waals surface area contributed by atoms with Crippen molar-refractivity contribution in [2.45, 2.75) is 33.1 Å². The van der Waals surface area contributed by atoms with Crippen molar-refractivity contribution in [3.05, 3.63) is 0 Å². The van der Waals surface area contributed by atoms with Gasteiger partial charge in [0.1, 0.15) is 0 Å². The van der Waals surface area contributed by atoms with Crippen LogP contribution in [0.3, 0.4) is 0 Å². The molecule has 0 unspecified atom stereocenters. The van der Waals surface area contributed by atoms with Crippen molar-refractivity contribution in [3.8, 4) is 0 Å². The second-order valence-electron chi connectivity index (χ2n) is 4.04. The van der Waals surface area contributed by atoms with Gasteiger partial charge in [-0.15, -0.1) is 0 Å². The predicted molar refractivity (Wildman–Crippen MR) is 51.3 cm³/mol. The molecule has 1 aliphatic carbocycles. The zero-order valence-electron chi connectivity index (χ0n) is 8.36. The van der Waals surface area contributed by atoms with Crippen molar-refractivity contribution in [1.29, 1.82) is 0 Å². The Morgan fingerprint density at radius 1 is 1.42 bits per heavy atom. The lowest BCUT2D eigenvalue weighted by Crippen LogP contribution is -2.38. The van der Waals surface area contributed by atoms with Crippen LogP contribution in [-0.2, 0) is 4.74 Å². The van der Waals surface area contributed by atoms with E-state index in [-0.39, 0.29) is 0 Å². The molecule has 0 spiro atoms.